The predicted octanol–water partition coefficient (Wildman–Crippen LogP) is 6.06. The van der Waals surface area contributed by atoms with Crippen molar-refractivity contribution in [3.05, 3.63) is 120 Å². The fourth-order valence-electron chi connectivity index (χ4n) is 4.38. The number of hydrogen-bond donors (Lipinski definition) is 1. The maximum Gasteiger partial charge on any atom is 0.416 e. The Labute approximate surface area is 200 Å². The molecule has 8 heteroatoms. The van der Waals surface area contributed by atoms with Gasteiger partial charge in [-0.2, -0.15) is 13.2 Å². The first-order valence-electron chi connectivity index (χ1n) is 10.8. The molecule has 0 spiro atoms. The van der Waals surface area contributed by atoms with E-state index in [4.69, 9.17) is 12.2 Å². The predicted molar refractivity (Wildman–Crippen MR) is 128 cm³/mol. The van der Waals surface area contributed by atoms with Crippen LogP contribution in [0.25, 0.3) is 5.69 Å². The number of hydrogen-bond acceptors (Lipinski definition) is 2. The molecule has 4 nitrogen and oxygen atoms in total. The minimum absolute atomic E-state index is 0.267. The molecule has 1 fully saturated rings. The van der Waals surface area contributed by atoms with Crippen molar-refractivity contribution in [2.24, 2.45) is 0 Å². The van der Waals surface area contributed by atoms with Crippen LogP contribution in [0.5, 0.6) is 0 Å². The lowest BCUT2D eigenvalue weighted by Gasteiger charge is -2.29. The molecule has 1 aliphatic heterocycles. The third kappa shape index (κ3) is 4.28. The number of nitrogens with one attached hydrogen (secondary N) is 1. The van der Waals surface area contributed by atoms with Crippen molar-refractivity contribution in [1.29, 1.82) is 0 Å². The molecule has 3 heterocycles. The van der Waals surface area contributed by atoms with Gasteiger partial charge in [0.2, 0.25) is 0 Å². The average molecular weight is 479 g/mol. The second-order valence-corrected chi connectivity index (χ2v) is 8.48. The van der Waals surface area contributed by atoms with Gasteiger partial charge < -0.3 is 14.8 Å². The van der Waals surface area contributed by atoms with Gasteiger partial charge in [-0.3, -0.25) is 4.98 Å². The van der Waals surface area contributed by atoms with Gasteiger partial charge in [-0.15, -0.1) is 0 Å². The Hall–Kier alpha value is -3.65. The smallest absolute Gasteiger partial charge is 0.352 e. The van der Waals surface area contributed by atoms with E-state index in [9.17, 15) is 13.2 Å². The zero-order valence-corrected chi connectivity index (χ0v) is 18.8. The van der Waals surface area contributed by atoms with E-state index < -0.39 is 11.7 Å². The maximum absolute atomic E-state index is 13.4. The van der Waals surface area contributed by atoms with Gasteiger partial charge in [0.25, 0.3) is 0 Å². The molecule has 2 atom stereocenters. The van der Waals surface area contributed by atoms with Crippen LogP contribution in [0.1, 0.15) is 34.6 Å². The van der Waals surface area contributed by atoms with Crippen molar-refractivity contribution in [1.82, 2.24) is 19.8 Å². The highest BCUT2D eigenvalue weighted by Gasteiger charge is 2.41. The Morgan fingerprint density at radius 3 is 2.44 bits per heavy atom. The highest BCUT2D eigenvalue weighted by Crippen LogP contribution is 2.40. The quantitative estimate of drug-likeness (QED) is 0.353. The van der Waals surface area contributed by atoms with Crippen molar-refractivity contribution >= 4 is 17.3 Å². The van der Waals surface area contributed by atoms with E-state index in [1.54, 1.807) is 23.0 Å². The molecule has 2 aromatic carbocycles. The van der Waals surface area contributed by atoms with Crippen LogP contribution >= 0.6 is 12.2 Å². The van der Waals surface area contributed by atoms with Crippen LogP contribution in [-0.2, 0) is 12.7 Å². The highest BCUT2D eigenvalue weighted by atomic mass is 32.1. The Balaban J connectivity index is 1.60. The minimum Gasteiger partial charge on any atom is -0.352 e. The Morgan fingerprint density at radius 1 is 0.912 bits per heavy atom. The molecule has 1 N–H and O–H groups in total. The van der Waals surface area contributed by atoms with Crippen LogP contribution in [0.3, 0.4) is 0 Å². The van der Waals surface area contributed by atoms with Crippen LogP contribution in [-0.4, -0.2) is 19.6 Å². The van der Waals surface area contributed by atoms with E-state index in [0.717, 1.165) is 23.0 Å². The van der Waals surface area contributed by atoms with E-state index in [-0.39, 0.29) is 12.1 Å². The molecule has 1 aliphatic rings. The first-order valence-corrected chi connectivity index (χ1v) is 11.2. The number of thiocarbonyl (C=S) groups is 1. The van der Waals surface area contributed by atoms with Gasteiger partial charge >= 0.3 is 6.18 Å². The van der Waals surface area contributed by atoms with Gasteiger partial charge in [0.15, 0.2) is 5.11 Å². The zero-order chi connectivity index (χ0) is 23.7. The lowest BCUT2D eigenvalue weighted by atomic mass is 10.0. The number of halogens is 3. The highest BCUT2D eigenvalue weighted by molar-refractivity contribution is 7.80. The van der Waals surface area contributed by atoms with Crippen molar-refractivity contribution in [3.63, 3.8) is 0 Å². The number of benzene rings is 2. The molecule has 0 amide bonds. The third-order valence-corrected chi connectivity index (χ3v) is 6.28. The SMILES string of the molecule is FC(F)(F)c1cccc(-n2cccc2[C@@H]2[C@H](c3ccccn3)NC(=S)N2Cc2ccccc2)c1. The number of aromatic nitrogens is 2. The van der Waals surface area contributed by atoms with E-state index >= 15 is 0 Å². The van der Waals surface area contributed by atoms with E-state index in [1.807, 2.05) is 60.7 Å². The second-order valence-electron chi connectivity index (χ2n) is 8.09. The molecule has 0 bridgehead atoms. The van der Waals surface area contributed by atoms with Gasteiger partial charge in [0, 0.05) is 30.3 Å². The van der Waals surface area contributed by atoms with Crippen molar-refractivity contribution in [2.75, 3.05) is 0 Å². The summed E-state index contributed by atoms with van der Waals surface area (Å²) in [4.78, 5) is 6.61. The van der Waals surface area contributed by atoms with Crippen LogP contribution in [0.4, 0.5) is 13.2 Å². The third-order valence-electron chi connectivity index (χ3n) is 5.93. The molecular weight excluding hydrogens is 457 g/mol. The first kappa shape index (κ1) is 22.2. The van der Waals surface area contributed by atoms with Crippen molar-refractivity contribution in [3.8, 4) is 5.69 Å². The molecular formula is C26H21F3N4S. The summed E-state index contributed by atoms with van der Waals surface area (Å²) in [5.74, 6) is 0. The normalized spacial score (nSPS) is 18.2. The van der Waals surface area contributed by atoms with Crippen LogP contribution < -0.4 is 5.32 Å². The molecule has 172 valence electrons. The summed E-state index contributed by atoms with van der Waals surface area (Å²) in [5.41, 5.74) is 2.45. The summed E-state index contributed by atoms with van der Waals surface area (Å²) < 4.78 is 42.0. The molecule has 5 rings (SSSR count). The van der Waals surface area contributed by atoms with Crippen molar-refractivity contribution < 1.29 is 13.2 Å². The standard InChI is InChI=1S/C26H21F3N4S/c27-26(28,29)19-10-6-11-20(16-19)32-15-7-13-22(32)24-23(21-12-4-5-14-30-21)31-25(34)33(24)17-18-8-2-1-3-9-18/h1-16,23-24H,17H2,(H,31,34)/t23-,24+/m0/s1. The van der Waals surface area contributed by atoms with Gasteiger partial charge in [-0.1, -0.05) is 42.5 Å². The molecule has 1 saturated heterocycles. The largest absolute Gasteiger partial charge is 0.416 e. The average Bonchev–Trinajstić information content (AvgIpc) is 3.45. The van der Waals surface area contributed by atoms with Crippen LogP contribution in [0.2, 0.25) is 0 Å². The lowest BCUT2D eigenvalue weighted by molar-refractivity contribution is -0.137. The summed E-state index contributed by atoms with van der Waals surface area (Å²) >= 11 is 5.73. The lowest BCUT2D eigenvalue weighted by Crippen LogP contribution is -2.30. The van der Waals surface area contributed by atoms with Crippen molar-refractivity contribution in [2.45, 2.75) is 24.8 Å². The van der Waals surface area contributed by atoms with Gasteiger partial charge in [-0.05, 0) is 60.2 Å². The van der Waals surface area contributed by atoms with Crippen LogP contribution in [0, 0.1) is 0 Å². The molecule has 0 unspecified atom stereocenters. The molecule has 0 aliphatic carbocycles. The monoisotopic (exact) mass is 478 g/mol. The van der Waals surface area contributed by atoms with Crippen LogP contribution in [0.15, 0.2) is 97.3 Å². The van der Waals surface area contributed by atoms with Gasteiger partial charge in [-0.25, -0.2) is 0 Å². The van der Waals surface area contributed by atoms with E-state index in [2.05, 4.69) is 15.2 Å². The molecule has 2 aromatic heterocycles. The molecule has 34 heavy (non-hydrogen) atoms. The summed E-state index contributed by atoms with van der Waals surface area (Å²) in [6.07, 6.45) is -0.916. The molecule has 4 aromatic rings. The van der Waals surface area contributed by atoms with Gasteiger partial charge in [0.1, 0.15) is 0 Å². The number of pyridine rings is 1. The number of rotatable bonds is 5. The summed E-state index contributed by atoms with van der Waals surface area (Å²) in [6.45, 7) is 0.550. The van der Waals surface area contributed by atoms with E-state index in [0.29, 0.717) is 17.3 Å². The number of alkyl halides is 3. The first-order chi connectivity index (χ1) is 16.4. The minimum atomic E-state index is -4.42. The van der Waals surface area contributed by atoms with Gasteiger partial charge in [0.05, 0.1) is 23.3 Å². The molecule has 0 saturated carbocycles. The Morgan fingerprint density at radius 2 is 1.71 bits per heavy atom. The summed E-state index contributed by atoms with van der Waals surface area (Å²) in [5, 5.41) is 3.97. The maximum atomic E-state index is 13.4. The molecule has 0 radical (unpaired) electrons. The van der Waals surface area contributed by atoms with E-state index in [1.165, 1.54) is 12.1 Å². The summed E-state index contributed by atoms with van der Waals surface area (Å²) in [6, 6.07) is 24.2. The fourth-order valence-corrected chi connectivity index (χ4v) is 4.68. The topological polar surface area (TPSA) is 33.1 Å². The second kappa shape index (κ2) is 8.95. The fraction of sp³-hybridized carbons (Fsp3) is 0.154. The Kier molecular flexibility index (Phi) is 5.83. The zero-order valence-electron chi connectivity index (χ0n) is 18.0. The summed E-state index contributed by atoms with van der Waals surface area (Å²) in [7, 11) is 0. The number of nitrogens with zero attached hydrogens (tertiary/aromatic N) is 3. The Bertz CT molecular complexity index is 1290.